The Kier molecular flexibility index (Phi) is 4.18. The van der Waals surface area contributed by atoms with E-state index < -0.39 is 0 Å². The Morgan fingerprint density at radius 3 is 2.42 bits per heavy atom. The van der Waals surface area contributed by atoms with Crippen LogP contribution in [0.4, 0.5) is 11.4 Å². The smallest absolute Gasteiger partial charge is 0.338 e. The maximum absolute atomic E-state index is 11.7. The predicted molar refractivity (Wildman–Crippen MR) is 76.9 cm³/mol. The summed E-state index contributed by atoms with van der Waals surface area (Å²) in [5.74, 6) is -0.286. The number of carbonyl (C=O) groups excluding carboxylic acids is 1. The molecule has 98 valence electrons. The topological polar surface area (TPSA) is 29.5 Å². The van der Waals surface area contributed by atoms with Gasteiger partial charge in [0.15, 0.2) is 0 Å². The van der Waals surface area contributed by atoms with E-state index in [1.54, 1.807) is 13.0 Å². The summed E-state index contributed by atoms with van der Waals surface area (Å²) in [5.41, 5.74) is 2.60. The molecule has 0 N–H and O–H groups in total. The highest BCUT2D eigenvalue weighted by Crippen LogP contribution is 2.24. The average molecular weight is 255 g/mol. The number of esters is 1. The third kappa shape index (κ3) is 3.13. The van der Waals surface area contributed by atoms with Gasteiger partial charge in [-0.1, -0.05) is 24.3 Å². The molecular weight excluding hydrogens is 238 g/mol. The highest BCUT2D eigenvalue weighted by Gasteiger charge is 2.09. The molecule has 19 heavy (non-hydrogen) atoms. The maximum Gasteiger partial charge on any atom is 0.338 e. The van der Waals surface area contributed by atoms with Crippen molar-refractivity contribution in [3.63, 3.8) is 0 Å². The van der Waals surface area contributed by atoms with E-state index in [1.165, 1.54) is 0 Å². The van der Waals surface area contributed by atoms with Crippen LogP contribution in [0, 0.1) is 0 Å². The monoisotopic (exact) mass is 255 g/mol. The van der Waals surface area contributed by atoms with Crippen molar-refractivity contribution in [2.75, 3.05) is 18.6 Å². The number of hydrogen-bond donors (Lipinski definition) is 0. The first-order chi connectivity index (χ1) is 9.22. The second-order valence-electron chi connectivity index (χ2n) is 4.17. The fourth-order valence-corrected chi connectivity index (χ4v) is 1.86. The minimum atomic E-state index is -0.286. The number of rotatable bonds is 4. The van der Waals surface area contributed by atoms with Crippen LogP contribution < -0.4 is 4.90 Å². The van der Waals surface area contributed by atoms with Gasteiger partial charge in [-0.15, -0.1) is 0 Å². The van der Waals surface area contributed by atoms with Crippen molar-refractivity contribution >= 4 is 17.3 Å². The van der Waals surface area contributed by atoms with Crippen LogP contribution in [-0.4, -0.2) is 19.6 Å². The zero-order valence-corrected chi connectivity index (χ0v) is 11.2. The van der Waals surface area contributed by atoms with E-state index in [4.69, 9.17) is 4.74 Å². The number of para-hydroxylation sites is 1. The lowest BCUT2D eigenvalue weighted by Crippen LogP contribution is -2.11. The second-order valence-corrected chi connectivity index (χ2v) is 4.17. The van der Waals surface area contributed by atoms with E-state index in [1.807, 2.05) is 60.5 Å². The predicted octanol–water partition coefficient (Wildman–Crippen LogP) is 3.63. The molecule has 3 heteroatoms. The number of benzene rings is 2. The van der Waals surface area contributed by atoms with Gasteiger partial charge in [-0.3, -0.25) is 0 Å². The Labute approximate surface area is 113 Å². The van der Waals surface area contributed by atoms with E-state index in [-0.39, 0.29) is 5.97 Å². The molecule has 0 radical (unpaired) electrons. The van der Waals surface area contributed by atoms with Crippen molar-refractivity contribution in [1.29, 1.82) is 0 Å². The van der Waals surface area contributed by atoms with Crippen LogP contribution in [0.15, 0.2) is 54.6 Å². The van der Waals surface area contributed by atoms with E-state index in [0.717, 1.165) is 11.4 Å². The summed E-state index contributed by atoms with van der Waals surface area (Å²) in [6.07, 6.45) is 0. The molecule has 0 aliphatic heterocycles. The van der Waals surface area contributed by atoms with E-state index >= 15 is 0 Å². The molecule has 0 unspecified atom stereocenters. The quantitative estimate of drug-likeness (QED) is 0.781. The molecule has 0 bridgehead atoms. The van der Waals surface area contributed by atoms with Crippen molar-refractivity contribution < 1.29 is 9.53 Å². The molecule has 0 spiro atoms. The standard InChI is InChI=1S/C16H17NO2/c1-3-19-16(18)13-8-7-11-15(12-13)17(2)14-9-5-4-6-10-14/h4-12H,3H2,1-2H3. The summed E-state index contributed by atoms with van der Waals surface area (Å²) in [7, 11) is 1.97. The fourth-order valence-electron chi connectivity index (χ4n) is 1.86. The van der Waals surface area contributed by atoms with Crippen LogP contribution in [0.2, 0.25) is 0 Å². The zero-order valence-electron chi connectivity index (χ0n) is 11.2. The molecule has 0 aliphatic carbocycles. The molecule has 0 aliphatic rings. The molecule has 2 aromatic rings. The van der Waals surface area contributed by atoms with E-state index in [9.17, 15) is 4.79 Å². The van der Waals surface area contributed by atoms with Crippen molar-refractivity contribution in [2.45, 2.75) is 6.92 Å². The van der Waals surface area contributed by atoms with Crippen LogP contribution in [0.25, 0.3) is 0 Å². The van der Waals surface area contributed by atoms with Crippen molar-refractivity contribution in [3.8, 4) is 0 Å². The summed E-state index contributed by atoms with van der Waals surface area (Å²) in [6, 6.07) is 17.4. The largest absolute Gasteiger partial charge is 0.462 e. The Morgan fingerprint density at radius 1 is 1.05 bits per heavy atom. The van der Waals surface area contributed by atoms with Crippen LogP contribution in [0.5, 0.6) is 0 Å². The molecule has 0 fully saturated rings. The van der Waals surface area contributed by atoms with Gasteiger partial charge in [0.1, 0.15) is 0 Å². The molecule has 0 aromatic heterocycles. The third-order valence-electron chi connectivity index (χ3n) is 2.89. The van der Waals surface area contributed by atoms with E-state index in [2.05, 4.69) is 0 Å². The summed E-state index contributed by atoms with van der Waals surface area (Å²) < 4.78 is 5.01. The van der Waals surface area contributed by atoms with Crippen molar-refractivity contribution in [1.82, 2.24) is 0 Å². The Bertz CT molecular complexity index is 552. The molecule has 3 nitrogen and oxygen atoms in total. The van der Waals surface area contributed by atoms with Gasteiger partial charge >= 0.3 is 5.97 Å². The van der Waals surface area contributed by atoms with Gasteiger partial charge in [-0.25, -0.2) is 4.79 Å². The van der Waals surface area contributed by atoms with Gasteiger partial charge in [0.2, 0.25) is 0 Å². The normalized spacial score (nSPS) is 10.0. The first-order valence-electron chi connectivity index (χ1n) is 6.28. The van der Waals surface area contributed by atoms with Crippen molar-refractivity contribution in [2.24, 2.45) is 0 Å². The fraction of sp³-hybridized carbons (Fsp3) is 0.188. The van der Waals surface area contributed by atoms with Crippen LogP contribution in [0.1, 0.15) is 17.3 Å². The van der Waals surface area contributed by atoms with Gasteiger partial charge in [0.05, 0.1) is 12.2 Å². The average Bonchev–Trinajstić information content (AvgIpc) is 2.48. The SMILES string of the molecule is CCOC(=O)c1cccc(N(C)c2ccccc2)c1. The Hall–Kier alpha value is -2.29. The van der Waals surface area contributed by atoms with Gasteiger partial charge in [0.25, 0.3) is 0 Å². The first-order valence-corrected chi connectivity index (χ1v) is 6.28. The third-order valence-corrected chi connectivity index (χ3v) is 2.89. The minimum Gasteiger partial charge on any atom is -0.462 e. The molecular formula is C16H17NO2. The first kappa shape index (κ1) is 13.1. The number of nitrogens with zero attached hydrogens (tertiary/aromatic N) is 1. The van der Waals surface area contributed by atoms with Gasteiger partial charge in [0, 0.05) is 18.4 Å². The van der Waals surface area contributed by atoms with Gasteiger partial charge < -0.3 is 9.64 Å². The minimum absolute atomic E-state index is 0.286. The molecule has 0 saturated heterocycles. The van der Waals surface area contributed by atoms with Crippen molar-refractivity contribution in [3.05, 3.63) is 60.2 Å². The maximum atomic E-state index is 11.7. The molecule has 0 heterocycles. The van der Waals surface area contributed by atoms with Crippen LogP contribution in [0.3, 0.4) is 0 Å². The lowest BCUT2D eigenvalue weighted by molar-refractivity contribution is 0.0526. The molecule has 0 atom stereocenters. The molecule has 2 aromatic carbocycles. The number of ether oxygens (including phenoxy) is 1. The number of hydrogen-bond acceptors (Lipinski definition) is 3. The van der Waals surface area contributed by atoms with Crippen LogP contribution >= 0.6 is 0 Å². The molecule has 0 amide bonds. The molecule has 2 rings (SSSR count). The Morgan fingerprint density at radius 2 is 1.74 bits per heavy atom. The van der Waals surface area contributed by atoms with Crippen LogP contribution in [-0.2, 0) is 4.74 Å². The Balaban J connectivity index is 2.26. The van der Waals surface area contributed by atoms with Gasteiger partial charge in [-0.2, -0.15) is 0 Å². The summed E-state index contributed by atoms with van der Waals surface area (Å²) in [6.45, 7) is 2.19. The lowest BCUT2D eigenvalue weighted by atomic mass is 10.2. The zero-order chi connectivity index (χ0) is 13.7. The second kappa shape index (κ2) is 6.05. The summed E-state index contributed by atoms with van der Waals surface area (Å²) in [5, 5.41) is 0. The lowest BCUT2D eigenvalue weighted by Gasteiger charge is -2.19. The number of carbonyl (C=O) groups is 1. The summed E-state index contributed by atoms with van der Waals surface area (Å²) >= 11 is 0. The van der Waals surface area contributed by atoms with Gasteiger partial charge in [-0.05, 0) is 37.3 Å². The highest BCUT2D eigenvalue weighted by atomic mass is 16.5. The molecule has 0 saturated carbocycles. The summed E-state index contributed by atoms with van der Waals surface area (Å²) in [4.78, 5) is 13.7. The highest BCUT2D eigenvalue weighted by molar-refractivity contribution is 5.90. The van der Waals surface area contributed by atoms with E-state index in [0.29, 0.717) is 12.2 Å². The number of anilines is 2.